The molecule has 1 aliphatic rings. The Morgan fingerprint density at radius 1 is 1.24 bits per heavy atom. The molecule has 0 radical (unpaired) electrons. The van der Waals surface area contributed by atoms with Gasteiger partial charge in [0.05, 0.1) is 22.9 Å². The Morgan fingerprint density at radius 3 is 2.48 bits per heavy atom. The largest absolute Gasteiger partial charge is 0.481 e. The van der Waals surface area contributed by atoms with E-state index in [9.17, 15) is 14.7 Å². The van der Waals surface area contributed by atoms with Crippen LogP contribution in [0.15, 0.2) is 36.5 Å². The molecule has 7 nitrogen and oxygen atoms in total. The van der Waals surface area contributed by atoms with Crippen LogP contribution in [0.3, 0.4) is 0 Å². The standard InChI is InChI=1S/C22H29N3O4/c1-22(2,3)19-18(14-25(24-19)16-7-5-4-6-8-16)20(26)23-13-17(21(27)28)15-9-11-29-12-10-15/h4-8,14-15,17H,9-13H2,1-3H3,(H,23,26)(H,27,28). The van der Waals surface area contributed by atoms with Gasteiger partial charge in [0.25, 0.3) is 5.91 Å². The smallest absolute Gasteiger partial charge is 0.308 e. The highest BCUT2D eigenvalue weighted by atomic mass is 16.5. The van der Waals surface area contributed by atoms with Crippen molar-refractivity contribution in [1.29, 1.82) is 0 Å². The predicted octanol–water partition coefficient (Wildman–Crippen LogP) is 3.03. The Hall–Kier alpha value is -2.67. The van der Waals surface area contributed by atoms with Gasteiger partial charge in [-0.05, 0) is 30.9 Å². The Bertz CT molecular complexity index is 849. The zero-order chi connectivity index (χ0) is 21.0. The summed E-state index contributed by atoms with van der Waals surface area (Å²) in [7, 11) is 0. The SMILES string of the molecule is CC(C)(C)c1nn(-c2ccccc2)cc1C(=O)NCC(C(=O)O)C1CCOCC1. The highest BCUT2D eigenvalue weighted by Gasteiger charge is 2.31. The van der Waals surface area contributed by atoms with E-state index in [1.165, 1.54) is 0 Å². The molecule has 0 spiro atoms. The average molecular weight is 399 g/mol. The normalized spacial score (nSPS) is 16.4. The molecule has 1 saturated heterocycles. The molecule has 2 N–H and O–H groups in total. The summed E-state index contributed by atoms with van der Waals surface area (Å²) in [6.07, 6.45) is 3.12. The monoisotopic (exact) mass is 399 g/mol. The molecule has 0 aliphatic carbocycles. The minimum atomic E-state index is -0.881. The fourth-order valence-corrected chi connectivity index (χ4v) is 3.68. The second-order valence-electron chi connectivity index (χ2n) is 8.53. The van der Waals surface area contributed by atoms with Crippen LogP contribution in [-0.4, -0.2) is 46.5 Å². The topological polar surface area (TPSA) is 93.5 Å². The number of benzene rings is 1. The number of carboxylic acids is 1. The van der Waals surface area contributed by atoms with Gasteiger partial charge in [-0.3, -0.25) is 9.59 Å². The van der Waals surface area contributed by atoms with Crippen molar-refractivity contribution in [2.75, 3.05) is 19.8 Å². The van der Waals surface area contributed by atoms with Gasteiger partial charge in [-0.1, -0.05) is 39.0 Å². The van der Waals surface area contributed by atoms with Gasteiger partial charge in [-0.2, -0.15) is 5.10 Å². The predicted molar refractivity (Wildman–Crippen MR) is 109 cm³/mol. The fourth-order valence-electron chi connectivity index (χ4n) is 3.68. The van der Waals surface area contributed by atoms with Gasteiger partial charge in [0.15, 0.2) is 0 Å². The first-order valence-corrected chi connectivity index (χ1v) is 10.0. The van der Waals surface area contributed by atoms with Gasteiger partial charge in [-0.25, -0.2) is 4.68 Å². The first-order chi connectivity index (χ1) is 13.8. The summed E-state index contributed by atoms with van der Waals surface area (Å²) in [6, 6.07) is 9.60. The van der Waals surface area contributed by atoms with Gasteiger partial charge in [0, 0.05) is 31.4 Å². The molecule has 1 aromatic heterocycles. The maximum atomic E-state index is 13.0. The number of nitrogens with zero attached hydrogens (tertiary/aromatic N) is 2. The number of hydrogen-bond donors (Lipinski definition) is 2. The second-order valence-corrected chi connectivity index (χ2v) is 8.53. The summed E-state index contributed by atoms with van der Waals surface area (Å²) in [5.74, 6) is -1.79. The van der Waals surface area contributed by atoms with Crippen molar-refractivity contribution in [3.63, 3.8) is 0 Å². The molecule has 1 amide bonds. The first kappa shape index (κ1) is 21.0. The van der Waals surface area contributed by atoms with Crippen LogP contribution in [0.1, 0.15) is 49.7 Å². The third kappa shape index (κ3) is 5.03. The van der Waals surface area contributed by atoms with Crippen LogP contribution in [0.2, 0.25) is 0 Å². The molecule has 156 valence electrons. The Balaban J connectivity index is 1.80. The van der Waals surface area contributed by atoms with Crippen molar-refractivity contribution in [3.05, 3.63) is 47.8 Å². The van der Waals surface area contributed by atoms with E-state index in [1.807, 2.05) is 51.1 Å². The minimum absolute atomic E-state index is 0.00989. The molecule has 1 aromatic carbocycles. The van der Waals surface area contributed by atoms with E-state index in [2.05, 4.69) is 10.4 Å². The van der Waals surface area contributed by atoms with E-state index in [0.717, 1.165) is 5.69 Å². The maximum absolute atomic E-state index is 13.0. The molecule has 0 saturated carbocycles. The Kier molecular flexibility index (Phi) is 6.37. The van der Waals surface area contributed by atoms with Gasteiger partial charge in [-0.15, -0.1) is 0 Å². The number of para-hydroxylation sites is 1. The summed E-state index contributed by atoms with van der Waals surface area (Å²) >= 11 is 0. The quantitative estimate of drug-likeness (QED) is 0.779. The van der Waals surface area contributed by atoms with E-state index >= 15 is 0 Å². The number of hydrogen-bond acceptors (Lipinski definition) is 4. The third-order valence-electron chi connectivity index (χ3n) is 5.32. The molecule has 2 aromatic rings. The zero-order valence-corrected chi connectivity index (χ0v) is 17.2. The molecule has 3 rings (SSSR count). The number of nitrogens with one attached hydrogen (secondary N) is 1. The lowest BCUT2D eigenvalue weighted by Crippen LogP contribution is -2.39. The number of carbonyl (C=O) groups excluding carboxylic acids is 1. The first-order valence-electron chi connectivity index (χ1n) is 10.0. The molecule has 29 heavy (non-hydrogen) atoms. The molecule has 2 heterocycles. The number of rotatable bonds is 6. The molecule has 1 aliphatic heterocycles. The summed E-state index contributed by atoms with van der Waals surface area (Å²) in [6.45, 7) is 7.25. The highest BCUT2D eigenvalue weighted by Crippen LogP contribution is 2.27. The van der Waals surface area contributed by atoms with Crippen LogP contribution in [-0.2, 0) is 14.9 Å². The lowest BCUT2D eigenvalue weighted by Gasteiger charge is -2.27. The summed E-state index contributed by atoms with van der Waals surface area (Å²) in [5.41, 5.74) is 1.68. The van der Waals surface area contributed by atoms with Crippen molar-refractivity contribution in [2.45, 2.75) is 39.0 Å². The maximum Gasteiger partial charge on any atom is 0.308 e. The van der Waals surface area contributed by atoms with Crippen molar-refractivity contribution in [3.8, 4) is 5.69 Å². The summed E-state index contributed by atoms with van der Waals surface area (Å²) in [4.78, 5) is 24.7. The number of aliphatic carboxylic acids is 1. The number of aromatic nitrogens is 2. The van der Waals surface area contributed by atoms with Crippen LogP contribution < -0.4 is 5.32 Å². The highest BCUT2D eigenvalue weighted by molar-refractivity contribution is 5.95. The van der Waals surface area contributed by atoms with Gasteiger partial charge in [0.1, 0.15) is 0 Å². The number of carboxylic acid groups (broad SMARTS) is 1. The Labute approximate surface area is 171 Å². The zero-order valence-electron chi connectivity index (χ0n) is 17.2. The average Bonchev–Trinajstić information content (AvgIpc) is 3.15. The van der Waals surface area contributed by atoms with E-state index in [0.29, 0.717) is 37.3 Å². The second kappa shape index (κ2) is 8.78. The number of amides is 1. The van der Waals surface area contributed by atoms with Crippen LogP contribution in [0.4, 0.5) is 0 Å². The lowest BCUT2D eigenvalue weighted by molar-refractivity contribution is -0.144. The van der Waals surface area contributed by atoms with Gasteiger partial charge >= 0.3 is 5.97 Å². The molecule has 7 heteroatoms. The minimum Gasteiger partial charge on any atom is -0.481 e. The summed E-state index contributed by atoms with van der Waals surface area (Å²) in [5, 5.41) is 17.1. The van der Waals surface area contributed by atoms with Gasteiger partial charge in [0.2, 0.25) is 0 Å². The van der Waals surface area contributed by atoms with Crippen molar-refractivity contribution >= 4 is 11.9 Å². The molecule has 1 unspecified atom stereocenters. The number of carbonyl (C=O) groups is 2. The van der Waals surface area contributed by atoms with Crippen molar-refractivity contribution in [1.82, 2.24) is 15.1 Å². The van der Waals surface area contributed by atoms with E-state index in [4.69, 9.17) is 4.74 Å². The van der Waals surface area contributed by atoms with Gasteiger partial charge < -0.3 is 15.2 Å². The molecular formula is C22H29N3O4. The van der Waals surface area contributed by atoms with Crippen LogP contribution in [0.25, 0.3) is 5.69 Å². The fraction of sp³-hybridized carbons (Fsp3) is 0.500. The lowest BCUT2D eigenvalue weighted by atomic mass is 9.85. The molecule has 1 atom stereocenters. The van der Waals surface area contributed by atoms with E-state index in [1.54, 1.807) is 10.9 Å². The van der Waals surface area contributed by atoms with Crippen LogP contribution in [0, 0.1) is 11.8 Å². The van der Waals surface area contributed by atoms with E-state index in [-0.39, 0.29) is 23.8 Å². The van der Waals surface area contributed by atoms with Crippen molar-refractivity contribution in [2.24, 2.45) is 11.8 Å². The third-order valence-corrected chi connectivity index (χ3v) is 5.32. The molecule has 1 fully saturated rings. The van der Waals surface area contributed by atoms with Crippen LogP contribution >= 0.6 is 0 Å². The number of ether oxygens (including phenoxy) is 1. The molecular weight excluding hydrogens is 370 g/mol. The van der Waals surface area contributed by atoms with Crippen LogP contribution in [0.5, 0.6) is 0 Å². The summed E-state index contributed by atoms with van der Waals surface area (Å²) < 4.78 is 7.03. The molecule has 0 bridgehead atoms. The Morgan fingerprint density at radius 2 is 1.90 bits per heavy atom. The van der Waals surface area contributed by atoms with Crippen molar-refractivity contribution < 1.29 is 19.4 Å². The van der Waals surface area contributed by atoms with E-state index < -0.39 is 11.9 Å².